The number of carbonyl (C=O) groups is 2. The van der Waals surface area contributed by atoms with Crippen LogP contribution in [0.2, 0.25) is 0 Å². The highest BCUT2D eigenvalue weighted by Gasteiger charge is 2.27. The molecule has 4 rings (SSSR count). The van der Waals surface area contributed by atoms with E-state index in [2.05, 4.69) is 10.1 Å². The molecule has 0 bridgehead atoms. The van der Waals surface area contributed by atoms with Crippen molar-refractivity contribution in [1.29, 1.82) is 0 Å². The highest BCUT2D eigenvalue weighted by Crippen LogP contribution is 2.27. The van der Waals surface area contributed by atoms with E-state index in [1.807, 2.05) is 13.8 Å². The van der Waals surface area contributed by atoms with Crippen molar-refractivity contribution in [1.82, 2.24) is 19.7 Å². The molecule has 1 aliphatic heterocycles. The van der Waals surface area contributed by atoms with Crippen LogP contribution in [-0.2, 0) is 14.3 Å². The highest BCUT2D eigenvalue weighted by molar-refractivity contribution is 6.04. The summed E-state index contributed by atoms with van der Waals surface area (Å²) in [6, 6.07) is 5.18. The number of esters is 1. The lowest BCUT2D eigenvalue weighted by atomic mass is 10.1. The van der Waals surface area contributed by atoms with Gasteiger partial charge in [0.1, 0.15) is 5.69 Å². The van der Waals surface area contributed by atoms with Crippen LogP contribution in [0.25, 0.3) is 22.5 Å². The van der Waals surface area contributed by atoms with Crippen LogP contribution in [0.3, 0.4) is 0 Å². The van der Waals surface area contributed by atoms with Gasteiger partial charge in [0.05, 0.1) is 36.6 Å². The normalized spacial score (nSPS) is 15.5. The Morgan fingerprint density at radius 3 is 2.63 bits per heavy atom. The first-order valence-electron chi connectivity index (χ1n) is 9.95. The molecule has 1 atom stereocenters. The van der Waals surface area contributed by atoms with Crippen molar-refractivity contribution >= 4 is 22.9 Å². The monoisotopic (exact) mass is 412 g/mol. The molecule has 1 unspecified atom stereocenters. The maximum absolute atomic E-state index is 13.0. The molecule has 1 amide bonds. The molecule has 0 N–H and O–H groups in total. The van der Waals surface area contributed by atoms with Gasteiger partial charge in [0.25, 0.3) is 5.91 Å². The number of aromatic nitrogens is 3. The van der Waals surface area contributed by atoms with Gasteiger partial charge in [-0.1, -0.05) is 0 Å². The molecule has 4 heterocycles. The van der Waals surface area contributed by atoms with E-state index in [1.54, 1.807) is 47.2 Å². The molecule has 9 nitrogen and oxygen atoms in total. The highest BCUT2D eigenvalue weighted by atomic mass is 16.5. The molecule has 0 aromatic carbocycles. The molecule has 30 heavy (non-hydrogen) atoms. The van der Waals surface area contributed by atoms with Gasteiger partial charge in [-0.15, -0.1) is 0 Å². The van der Waals surface area contributed by atoms with Crippen LogP contribution >= 0.6 is 0 Å². The van der Waals surface area contributed by atoms with Crippen molar-refractivity contribution in [2.75, 3.05) is 26.3 Å². The van der Waals surface area contributed by atoms with Crippen molar-refractivity contribution in [3.63, 3.8) is 0 Å². The molecule has 9 heteroatoms. The lowest BCUT2D eigenvalue weighted by Crippen LogP contribution is -2.46. The Hall–Kier alpha value is -3.20. The molecule has 0 spiro atoms. The third-order valence-corrected chi connectivity index (χ3v) is 5.00. The van der Waals surface area contributed by atoms with Crippen LogP contribution in [0.5, 0.6) is 0 Å². The van der Waals surface area contributed by atoms with E-state index in [0.29, 0.717) is 54.4 Å². The fourth-order valence-corrected chi connectivity index (χ4v) is 3.43. The SMILES string of the molecule is CC(OC(=O)c1cc(-c2ccco2)nc2c1cnn2C(C)C)C(=O)N1CCOCC1. The smallest absolute Gasteiger partial charge is 0.339 e. The summed E-state index contributed by atoms with van der Waals surface area (Å²) in [5.41, 5.74) is 1.34. The molecule has 3 aromatic rings. The Morgan fingerprint density at radius 2 is 1.97 bits per heavy atom. The summed E-state index contributed by atoms with van der Waals surface area (Å²) in [5.74, 6) is -0.311. The largest absolute Gasteiger partial charge is 0.463 e. The maximum atomic E-state index is 13.0. The summed E-state index contributed by atoms with van der Waals surface area (Å²) < 4.78 is 18.0. The number of carbonyl (C=O) groups excluding carboxylic acids is 2. The quantitative estimate of drug-likeness (QED) is 0.594. The summed E-state index contributed by atoms with van der Waals surface area (Å²) in [4.78, 5) is 32.0. The van der Waals surface area contributed by atoms with Crippen molar-refractivity contribution in [2.24, 2.45) is 0 Å². The standard InChI is InChI=1S/C21H24N4O5/c1-13(2)25-19-16(12-22-25)15(11-17(23-19)18-5-4-8-29-18)21(27)30-14(3)20(26)24-6-9-28-10-7-24/h4-5,8,11-14H,6-7,9-10H2,1-3H3. The van der Waals surface area contributed by atoms with Gasteiger partial charge in [-0.2, -0.15) is 5.10 Å². The van der Waals surface area contributed by atoms with E-state index in [1.165, 1.54) is 0 Å². The Kier molecular flexibility index (Phi) is 5.54. The van der Waals surface area contributed by atoms with Gasteiger partial charge in [-0.05, 0) is 39.0 Å². The number of ether oxygens (including phenoxy) is 2. The summed E-state index contributed by atoms with van der Waals surface area (Å²) in [6.45, 7) is 7.49. The first-order chi connectivity index (χ1) is 14.5. The van der Waals surface area contributed by atoms with Gasteiger partial charge in [0.2, 0.25) is 0 Å². The predicted molar refractivity (Wildman–Crippen MR) is 108 cm³/mol. The topological polar surface area (TPSA) is 99.7 Å². The molecular weight excluding hydrogens is 388 g/mol. The van der Waals surface area contributed by atoms with Gasteiger partial charge >= 0.3 is 5.97 Å². The second-order valence-electron chi connectivity index (χ2n) is 7.44. The molecular formula is C21H24N4O5. The number of hydrogen-bond donors (Lipinski definition) is 0. The summed E-state index contributed by atoms with van der Waals surface area (Å²) in [7, 11) is 0. The fourth-order valence-electron chi connectivity index (χ4n) is 3.43. The fraction of sp³-hybridized carbons (Fsp3) is 0.429. The number of rotatable bonds is 5. The van der Waals surface area contributed by atoms with Crippen LogP contribution in [0.15, 0.2) is 35.1 Å². The Labute approximate surface area is 173 Å². The zero-order valence-electron chi connectivity index (χ0n) is 17.2. The molecule has 158 valence electrons. The molecule has 0 saturated carbocycles. The van der Waals surface area contributed by atoms with E-state index in [0.717, 1.165) is 0 Å². The average molecular weight is 412 g/mol. The second kappa shape index (κ2) is 8.27. The minimum atomic E-state index is -0.911. The molecule has 0 aliphatic carbocycles. The molecule has 3 aromatic heterocycles. The average Bonchev–Trinajstić information content (AvgIpc) is 3.42. The van der Waals surface area contributed by atoms with E-state index in [4.69, 9.17) is 13.9 Å². The van der Waals surface area contributed by atoms with Crippen LogP contribution in [0.1, 0.15) is 37.2 Å². The van der Waals surface area contributed by atoms with Gasteiger partial charge in [-0.3, -0.25) is 4.79 Å². The van der Waals surface area contributed by atoms with Crippen LogP contribution in [-0.4, -0.2) is 63.9 Å². The lowest BCUT2D eigenvalue weighted by molar-refractivity contribution is -0.143. The number of hydrogen-bond acceptors (Lipinski definition) is 7. The van der Waals surface area contributed by atoms with Crippen molar-refractivity contribution in [3.8, 4) is 11.5 Å². The van der Waals surface area contributed by atoms with E-state index in [-0.39, 0.29) is 11.9 Å². The number of amides is 1. The minimum Gasteiger partial charge on any atom is -0.463 e. The second-order valence-corrected chi connectivity index (χ2v) is 7.44. The molecule has 1 fully saturated rings. The van der Waals surface area contributed by atoms with E-state index in [9.17, 15) is 9.59 Å². The van der Waals surface area contributed by atoms with Crippen LogP contribution < -0.4 is 0 Å². The zero-order chi connectivity index (χ0) is 21.3. The van der Waals surface area contributed by atoms with E-state index < -0.39 is 12.1 Å². The van der Waals surface area contributed by atoms with Crippen LogP contribution in [0, 0.1) is 0 Å². The van der Waals surface area contributed by atoms with Crippen molar-refractivity contribution < 1.29 is 23.5 Å². The van der Waals surface area contributed by atoms with Crippen molar-refractivity contribution in [3.05, 3.63) is 36.2 Å². The summed E-state index contributed by atoms with van der Waals surface area (Å²) in [5, 5.41) is 4.94. The Balaban J connectivity index is 1.66. The third-order valence-electron chi connectivity index (χ3n) is 5.00. The maximum Gasteiger partial charge on any atom is 0.339 e. The first kappa shape index (κ1) is 20.1. The van der Waals surface area contributed by atoms with Crippen LogP contribution in [0.4, 0.5) is 0 Å². The zero-order valence-corrected chi connectivity index (χ0v) is 17.2. The Bertz CT molecular complexity index is 1050. The Morgan fingerprint density at radius 1 is 1.20 bits per heavy atom. The number of furan rings is 1. The number of nitrogens with zero attached hydrogens (tertiary/aromatic N) is 4. The number of fused-ring (bicyclic) bond motifs is 1. The number of pyridine rings is 1. The van der Waals surface area contributed by atoms with Gasteiger partial charge < -0.3 is 18.8 Å². The molecule has 1 aliphatic rings. The number of morpholine rings is 1. The van der Waals surface area contributed by atoms with Crippen molar-refractivity contribution in [2.45, 2.75) is 32.9 Å². The lowest BCUT2D eigenvalue weighted by Gasteiger charge is -2.29. The van der Waals surface area contributed by atoms with Gasteiger partial charge in [-0.25, -0.2) is 14.5 Å². The first-order valence-corrected chi connectivity index (χ1v) is 9.95. The molecule has 0 radical (unpaired) electrons. The summed E-state index contributed by atoms with van der Waals surface area (Å²) >= 11 is 0. The summed E-state index contributed by atoms with van der Waals surface area (Å²) in [6.07, 6.45) is 2.23. The van der Waals surface area contributed by atoms with Gasteiger partial charge in [0, 0.05) is 19.1 Å². The van der Waals surface area contributed by atoms with E-state index >= 15 is 0 Å². The third kappa shape index (κ3) is 3.80. The minimum absolute atomic E-state index is 0.0487. The molecule has 1 saturated heterocycles. The predicted octanol–water partition coefficient (Wildman–Crippen LogP) is 2.68. The van der Waals surface area contributed by atoms with Gasteiger partial charge in [0.15, 0.2) is 17.5 Å².